The van der Waals surface area contributed by atoms with Crippen molar-refractivity contribution in [2.24, 2.45) is 0 Å². The molecule has 1 aromatic rings. The second-order valence-electron chi connectivity index (χ2n) is 3.09. The van der Waals surface area contributed by atoms with Crippen LogP contribution in [0.4, 0.5) is 5.82 Å². The molecule has 0 aliphatic carbocycles. The number of nitrogens with one attached hydrogen (secondary N) is 1. The van der Waals surface area contributed by atoms with Crippen molar-refractivity contribution in [3.63, 3.8) is 0 Å². The third-order valence-corrected chi connectivity index (χ3v) is 2.75. The van der Waals surface area contributed by atoms with Crippen LogP contribution in [-0.2, 0) is 0 Å². The van der Waals surface area contributed by atoms with Gasteiger partial charge in [0.25, 0.3) is 0 Å². The molecule has 1 atom stereocenters. The monoisotopic (exact) mass is 198 g/mol. The second kappa shape index (κ2) is 4.37. The minimum absolute atomic E-state index is 0.0784. The van der Waals surface area contributed by atoms with Crippen LogP contribution in [0.1, 0.15) is 36.9 Å². The Morgan fingerprint density at radius 1 is 1.77 bits per heavy atom. The van der Waals surface area contributed by atoms with E-state index in [9.17, 15) is 4.79 Å². The standard InChI is InChI=1S/C9H14N2OS/c1-4-6(2)10-9-5-8(7(3)12)13-11-9/h5-6H,4H2,1-3H3,(H,10,11). The molecule has 72 valence electrons. The van der Waals surface area contributed by atoms with Crippen molar-refractivity contribution in [2.75, 3.05) is 5.32 Å². The first-order valence-electron chi connectivity index (χ1n) is 4.37. The van der Waals surface area contributed by atoms with Gasteiger partial charge < -0.3 is 5.32 Å². The van der Waals surface area contributed by atoms with E-state index in [1.54, 1.807) is 13.0 Å². The molecule has 1 N–H and O–H groups in total. The number of aromatic nitrogens is 1. The fraction of sp³-hybridized carbons (Fsp3) is 0.556. The summed E-state index contributed by atoms with van der Waals surface area (Å²) in [4.78, 5) is 11.7. The fourth-order valence-electron chi connectivity index (χ4n) is 0.864. The molecule has 0 aromatic carbocycles. The summed E-state index contributed by atoms with van der Waals surface area (Å²) in [5.41, 5.74) is 0. The highest BCUT2D eigenvalue weighted by Crippen LogP contribution is 2.15. The number of carbonyl (C=O) groups is 1. The third-order valence-electron chi connectivity index (χ3n) is 1.86. The van der Waals surface area contributed by atoms with Crippen LogP contribution in [0.3, 0.4) is 0 Å². The molecule has 0 saturated carbocycles. The van der Waals surface area contributed by atoms with Crippen LogP contribution in [0.25, 0.3) is 0 Å². The number of hydrogen-bond donors (Lipinski definition) is 1. The Morgan fingerprint density at radius 3 is 2.92 bits per heavy atom. The molecule has 1 aromatic heterocycles. The minimum Gasteiger partial charge on any atom is -0.367 e. The number of carbonyl (C=O) groups excluding carboxylic acids is 1. The maximum absolute atomic E-state index is 11.0. The number of Topliss-reactive ketones (excluding diaryl/α,β-unsaturated/α-hetero) is 1. The van der Waals surface area contributed by atoms with Crippen molar-refractivity contribution < 1.29 is 4.79 Å². The molecule has 0 spiro atoms. The zero-order chi connectivity index (χ0) is 9.84. The quantitative estimate of drug-likeness (QED) is 0.756. The van der Waals surface area contributed by atoms with Gasteiger partial charge in [0.2, 0.25) is 0 Å². The van der Waals surface area contributed by atoms with Crippen molar-refractivity contribution in [3.8, 4) is 0 Å². The number of nitrogens with zero attached hydrogens (tertiary/aromatic N) is 1. The summed E-state index contributed by atoms with van der Waals surface area (Å²) in [6, 6.07) is 2.21. The van der Waals surface area contributed by atoms with Crippen LogP contribution in [0.2, 0.25) is 0 Å². The Kier molecular flexibility index (Phi) is 3.42. The fourth-order valence-corrected chi connectivity index (χ4v) is 1.46. The highest BCUT2D eigenvalue weighted by atomic mass is 32.1. The van der Waals surface area contributed by atoms with Crippen LogP contribution in [-0.4, -0.2) is 16.2 Å². The SMILES string of the molecule is CCC(C)Nc1cc(C(C)=O)sn1. The average molecular weight is 198 g/mol. The smallest absolute Gasteiger partial charge is 0.171 e. The summed E-state index contributed by atoms with van der Waals surface area (Å²) in [5.74, 6) is 0.888. The normalized spacial score (nSPS) is 12.5. The van der Waals surface area contributed by atoms with E-state index in [0.29, 0.717) is 10.9 Å². The molecule has 0 aliphatic rings. The molecular weight excluding hydrogens is 184 g/mol. The van der Waals surface area contributed by atoms with E-state index >= 15 is 0 Å². The largest absolute Gasteiger partial charge is 0.367 e. The second-order valence-corrected chi connectivity index (χ2v) is 3.89. The number of ketones is 1. The Balaban J connectivity index is 2.64. The van der Waals surface area contributed by atoms with Gasteiger partial charge in [-0.15, -0.1) is 0 Å². The van der Waals surface area contributed by atoms with E-state index in [2.05, 4.69) is 23.5 Å². The number of hydrogen-bond acceptors (Lipinski definition) is 4. The summed E-state index contributed by atoms with van der Waals surface area (Å²) in [5, 5.41) is 3.21. The van der Waals surface area contributed by atoms with Crippen molar-refractivity contribution in [3.05, 3.63) is 10.9 Å². The van der Waals surface area contributed by atoms with E-state index < -0.39 is 0 Å². The van der Waals surface area contributed by atoms with Crippen LogP contribution < -0.4 is 5.32 Å². The van der Waals surface area contributed by atoms with Gasteiger partial charge >= 0.3 is 0 Å². The lowest BCUT2D eigenvalue weighted by atomic mass is 10.2. The molecule has 1 unspecified atom stereocenters. The number of anilines is 1. The lowest BCUT2D eigenvalue weighted by Crippen LogP contribution is -2.13. The van der Waals surface area contributed by atoms with Gasteiger partial charge in [-0.2, -0.15) is 4.37 Å². The van der Waals surface area contributed by atoms with E-state index in [0.717, 1.165) is 12.2 Å². The average Bonchev–Trinajstić information content (AvgIpc) is 2.52. The Labute approximate surface area is 82.3 Å². The molecular formula is C9H14N2OS. The van der Waals surface area contributed by atoms with Crippen molar-refractivity contribution in [1.29, 1.82) is 0 Å². The van der Waals surface area contributed by atoms with Crippen LogP contribution in [0.5, 0.6) is 0 Å². The third kappa shape index (κ3) is 2.81. The minimum atomic E-state index is 0.0784. The predicted molar refractivity (Wildman–Crippen MR) is 55.5 cm³/mol. The van der Waals surface area contributed by atoms with E-state index in [1.807, 2.05) is 0 Å². The summed E-state index contributed by atoms with van der Waals surface area (Å²) in [6.07, 6.45) is 1.05. The Morgan fingerprint density at radius 2 is 2.46 bits per heavy atom. The molecule has 1 heterocycles. The molecule has 0 bridgehead atoms. The summed E-state index contributed by atoms with van der Waals surface area (Å²) in [6.45, 7) is 5.75. The maximum atomic E-state index is 11.0. The topological polar surface area (TPSA) is 42.0 Å². The highest BCUT2D eigenvalue weighted by Gasteiger charge is 2.06. The molecule has 0 amide bonds. The van der Waals surface area contributed by atoms with Crippen LogP contribution in [0.15, 0.2) is 6.07 Å². The lowest BCUT2D eigenvalue weighted by molar-refractivity contribution is 0.102. The van der Waals surface area contributed by atoms with Gasteiger partial charge in [0.05, 0.1) is 4.88 Å². The van der Waals surface area contributed by atoms with Gasteiger partial charge in [-0.25, -0.2) is 0 Å². The first kappa shape index (κ1) is 10.2. The van der Waals surface area contributed by atoms with Crippen molar-refractivity contribution in [1.82, 2.24) is 4.37 Å². The zero-order valence-electron chi connectivity index (χ0n) is 8.13. The first-order valence-corrected chi connectivity index (χ1v) is 5.15. The lowest BCUT2D eigenvalue weighted by Gasteiger charge is -2.08. The van der Waals surface area contributed by atoms with Crippen molar-refractivity contribution >= 4 is 23.1 Å². The van der Waals surface area contributed by atoms with E-state index in [-0.39, 0.29) is 5.78 Å². The molecule has 0 fully saturated rings. The van der Waals surface area contributed by atoms with E-state index in [4.69, 9.17) is 0 Å². The molecule has 3 nitrogen and oxygen atoms in total. The van der Waals surface area contributed by atoms with Gasteiger partial charge in [0, 0.05) is 19.0 Å². The maximum Gasteiger partial charge on any atom is 0.171 e. The molecule has 0 radical (unpaired) electrons. The Hall–Kier alpha value is -0.900. The molecule has 13 heavy (non-hydrogen) atoms. The molecule has 1 rings (SSSR count). The van der Waals surface area contributed by atoms with Gasteiger partial charge in [-0.05, 0) is 24.9 Å². The van der Waals surface area contributed by atoms with Gasteiger partial charge in [0.15, 0.2) is 5.78 Å². The van der Waals surface area contributed by atoms with Crippen LogP contribution >= 0.6 is 11.5 Å². The van der Waals surface area contributed by atoms with Gasteiger partial charge in [0.1, 0.15) is 5.82 Å². The van der Waals surface area contributed by atoms with Gasteiger partial charge in [-0.3, -0.25) is 4.79 Å². The van der Waals surface area contributed by atoms with Crippen molar-refractivity contribution in [2.45, 2.75) is 33.2 Å². The number of rotatable bonds is 4. The Bertz CT molecular complexity index is 296. The van der Waals surface area contributed by atoms with E-state index in [1.165, 1.54) is 11.5 Å². The molecule has 0 saturated heterocycles. The summed E-state index contributed by atoms with van der Waals surface area (Å²) in [7, 11) is 0. The first-order chi connectivity index (χ1) is 6.13. The predicted octanol–water partition coefficient (Wildman–Crippen LogP) is 2.56. The van der Waals surface area contributed by atoms with Crippen LogP contribution in [0, 0.1) is 0 Å². The highest BCUT2D eigenvalue weighted by molar-refractivity contribution is 7.08. The molecule has 4 heteroatoms. The van der Waals surface area contributed by atoms with Gasteiger partial charge in [-0.1, -0.05) is 6.92 Å². The molecule has 0 aliphatic heterocycles. The summed E-state index contributed by atoms with van der Waals surface area (Å²) < 4.78 is 4.14. The summed E-state index contributed by atoms with van der Waals surface area (Å²) >= 11 is 1.25. The zero-order valence-corrected chi connectivity index (χ0v) is 8.94.